The van der Waals surface area contributed by atoms with Gasteiger partial charge in [0.1, 0.15) is 0 Å². The summed E-state index contributed by atoms with van der Waals surface area (Å²) in [5.41, 5.74) is 3.63. The van der Waals surface area contributed by atoms with Crippen molar-refractivity contribution in [3.63, 3.8) is 0 Å². The van der Waals surface area contributed by atoms with Gasteiger partial charge in [-0.15, -0.1) is 0 Å². The van der Waals surface area contributed by atoms with E-state index in [-0.39, 0.29) is 6.71 Å². The van der Waals surface area contributed by atoms with Gasteiger partial charge in [0, 0.05) is 0 Å². The Bertz CT molecular complexity index is 504. The number of hydrogen-bond acceptors (Lipinski definition) is 0. The van der Waals surface area contributed by atoms with Crippen LogP contribution in [0.2, 0.25) is 0 Å². The molecule has 0 aliphatic rings. The molecule has 19 heavy (non-hydrogen) atoms. The molecular weight excluding hydrogens is 227 g/mol. The molecule has 0 spiro atoms. The Hall–Kier alpha value is -2.02. The minimum absolute atomic E-state index is 0.192. The summed E-state index contributed by atoms with van der Waals surface area (Å²) in [6.07, 6.45) is 12.1. The second-order valence-electron chi connectivity index (χ2n) is 4.23. The smallest absolute Gasteiger partial charge is 0.0996 e. The third kappa shape index (κ3) is 3.99. The van der Waals surface area contributed by atoms with Crippen LogP contribution in [0.25, 0.3) is 0 Å². The first kappa shape index (κ1) is 15.0. The lowest BCUT2D eigenvalue weighted by Gasteiger charge is -2.16. The molecule has 0 atom stereocenters. The minimum atomic E-state index is 0.192. The Morgan fingerprint density at radius 1 is 1.00 bits per heavy atom. The van der Waals surface area contributed by atoms with E-state index in [1.807, 2.05) is 44.2 Å². The van der Waals surface area contributed by atoms with Crippen LogP contribution in [0.1, 0.15) is 13.8 Å². The number of benzene rings is 1. The SMILES string of the molecule is C=C/C(=C\C)B(/C(C=C)=C/C=C\C)c1ccccc1. The van der Waals surface area contributed by atoms with Gasteiger partial charge < -0.3 is 0 Å². The molecule has 0 aliphatic heterocycles. The normalized spacial score (nSPS) is 12.5. The van der Waals surface area contributed by atoms with Crippen LogP contribution in [0.4, 0.5) is 0 Å². The van der Waals surface area contributed by atoms with Gasteiger partial charge >= 0.3 is 0 Å². The second-order valence-corrected chi connectivity index (χ2v) is 4.23. The highest BCUT2D eigenvalue weighted by Crippen LogP contribution is 2.14. The molecule has 0 nitrogen and oxygen atoms in total. The molecule has 1 rings (SSSR count). The summed E-state index contributed by atoms with van der Waals surface area (Å²) < 4.78 is 0. The van der Waals surface area contributed by atoms with Crippen molar-refractivity contribution in [1.82, 2.24) is 0 Å². The topological polar surface area (TPSA) is 0 Å². The molecule has 0 amide bonds. The summed E-state index contributed by atoms with van der Waals surface area (Å²) in [6.45, 7) is 12.1. The Kier molecular flexibility index (Phi) is 6.45. The van der Waals surface area contributed by atoms with Gasteiger partial charge in [-0.05, 0) is 13.8 Å². The van der Waals surface area contributed by atoms with Gasteiger partial charge in [-0.2, -0.15) is 0 Å². The molecule has 1 aromatic rings. The Morgan fingerprint density at radius 2 is 1.63 bits per heavy atom. The zero-order chi connectivity index (χ0) is 14.1. The molecule has 0 aliphatic carbocycles. The maximum absolute atomic E-state index is 3.95. The molecule has 1 heteroatoms. The van der Waals surface area contributed by atoms with Crippen molar-refractivity contribution >= 4 is 12.2 Å². The molecule has 0 saturated carbocycles. The van der Waals surface area contributed by atoms with Crippen LogP contribution in [0.3, 0.4) is 0 Å². The molecule has 0 unspecified atom stereocenters. The van der Waals surface area contributed by atoms with E-state index < -0.39 is 0 Å². The van der Waals surface area contributed by atoms with E-state index >= 15 is 0 Å². The van der Waals surface area contributed by atoms with Gasteiger partial charge in [0.05, 0.1) is 0 Å². The van der Waals surface area contributed by atoms with E-state index in [0.717, 1.165) is 0 Å². The molecule has 96 valence electrons. The molecule has 0 fully saturated rings. The maximum Gasteiger partial charge on any atom is 0.240 e. The van der Waals surface area contributed by atoms with Crippen molar-refractivity contribution in [3.05, 3.63) is 90.9 Å². The second kappa shape index (κ2) is 8.15. The van der Waals surface area contributed by atoms with E-state index in [2.05, 4.69) is 49.6 Å². The molecule has 0 saturated heterocycles. The van der Waals surface area contributed by atoms with E-state index in [0.29, 0.717) is 0 Å². The highest BCUT2D eigenvalue weighted by atomic mass is 13.9. The summed E-state index contributed by atoms with van der Waals surface area (Å²) in [7, 11) is 0. The van der Waals surface area contributed by atoms with Crippen LogP contribution in [0.15, 0.2) is 90.9 Å². The van der Waals surface area contributed by atoms with Crippen molar-refractivity contribution < 1.29 is 0 Å². The molecule has 0 aromatic heterocycles. The minimum Gasteiger partial charge on any atom is -0.0996 e. The van der Waals surface area contributed by atoms with Crippen LogP contribution < -0.4 is 5.46 Å². The number of allylic oxidation sites excluding steroid dienone is 8. The third-order valence-electron chi connectivity index (χ3n) is 3.09. The third-order valence-corrected chi connectivity index (χ3v) is 3.09. The quantitative estimate of drug-likeness (QED) is 0.520. The molecular formula is C18H21B. The van der Waals surface area contributed by atoms with Crippen molar-refractivity contribution in [1.29, 1.82) is 0 Å². The van der Waals surface area contributed by atoms with Crippen molar-refractivity contribution in [2.24, 2.45) is 0 Å². The number of hydrogen-bond donors (Lipinski definition) is 0. The van der Waals surface area contributed by atoms with Gasteiger partial charge in [0.2, 0.25) is 6.71 Å². The Balaban J connectivity index is 3.34. The Morgan fingerprint density at radius 3 is 2.11 bits per heavy atom. The Labute approximate surface area is 117 Å². The van der Waals surface area contributed by atoms with Crippen molar-refractivity contribution in [2.45, 2.75) is 13.8 Å². The highest BCUT2D eigenvalue weighted by Gasteiger charge is 2.21. The monoisotopic (exact) mass is 248 g/mol. The predicted octanol–water partition coefficient (Wildman–Crippen LogP) is 4.29. The fourth-order valence-electron chi connectivity index (χ4n) is 2.11. The maximum atomic E-state index is 3.95. The fourth-order valence-corrected chi connectivity index (χ4v) is 2.11. The average molecular weight is 248 g/mol. The van der Waals surface area contributed by atoms with Crippen LogP contribution in [0.5, 0.6) is 0 Å². The molecule has 0 radical (unpaired) electrons. The average Bonchev–Trinajstić information content (AvgIpc) is 2.48. The summed E-state index contributed by atoms with van der Waals surface area (Å²) >= 11 is 0. The first-order valence-electron chi connectivity index (χ1n) is 6.57. The summed E-state index contributed by atoms with van der Waals surface area (Å²) in [4.78, 5) is 0. The van der Waals surface area contributed by atoms with Gasteiger partial charge in [0.25, 0.3) is 0 Å². The molecule has 0 bridgehead atoms. The molecule has 1 aromatic carbocycles. The summed E-state index contributed by atoms with van der Waals surface area (Å²) in [6, 6.07) is 10.5. The first-order chi connectivity index (χ1) is 9.28. The van der Waals surface area contributed by atoms with E-state index in [1.165, 1.54) is 16.4 Å². The van der Waals surface area contributed by atoms with Gasteiger partial charge in [0.15, 0.2) is 0 Å². The van der Waals surface area contributed by atoms with Crippen LogP contribution in [-0.4, -0.2) is 6.71 Å². The number of rotatable bonds is 6. The lowest BCUT2D eigenvalue weighted by atomic mass is 9.35. The van der Waals surface area contributed by atoms with Gasteiger partial charge in [-0.3, -0.25) is 0 Å². The summed E-state index contributed by atoms with van der Waals surface area (Å²) in [5.74, 6) is 0. The van der Waals surface area contributed by atoms with E-state index in [9.17, 15) is 0 Å². The lowest BCUT2D eigenvalue weighted by Crippen LogP contribution is -2.34. The standard InChI is InChI=1S/C18H21B/c1-5-9-13-17(8-4)19(16(6-2)7-3)18-14-11-10-12-15-18/h5-15H,2,4H2,1,3H3/b9-5-,16-7+,17-13+. The van der Waals surface area contributed by atoms with Crippen LogP contribution in [-0.2, 0) is 0 Å². The van der Waals surface area contributed by atoms with E-state index in [1.54, 1.807) is 0 Å². The zero-order valence-electron chi connectivity index (χ0n) is 11.8. The van der Waals surface area contributed by atoms with Crippen LogP contribution >= 0.6 is 0 Å². The van der Waals surface area contributed by atoms with E-state index in [4.69, 9.17) is 0 Å². The molecule has 0 heterocycles. The highest BCUT2D eigenvalue weighted by molar-refractivity contribution is 6.87. The van der Waals surface area contributed by atoms with Crippen molar-refractivity contribution in [2.75, 3.05) is 0 Å². The molecule has 0 N–H and O–H groups in total. The van der Waals surface area contributed by atoms with Crippen LogP contribution in [0, 0.1) is 0 Å². The fraction of sp³-hybridized carbons (Fsp3) is 0.111. The van der Waals surface area contributed by atoms with Gasteiger partial charge in [-0.1, -0.05) is 96.4 Å². The largest absolute Gasteiger partial charge is 0.240 e. The first-order valence-corrected chi connectivity index (χ1v) is 6.57. The van der Waals surface area contributed by atoms with Gasteiger partial charge in [-0.25, -0.2) is 0 Å². The lowest BCUT2D eigenvalue weighted by molar-refractivity contribution is 1.64. The predicted molar refractivity (Wildman–Crippen MR) is 88.9 cm³/mol. The van der Waals surface area contributed by atoms with Crippen molar-refractivity contribution in [3.8, 4) is 0 Å². The zero-order valence-corrected chi connectivity index (χ0v) is 11.8. The summed E-state index contributed by atoms with van der Waals surface area (Å²) in [5, 5.41) is 0.